The maximum Gasteiger partial charge on any atom is 0.241 e. The molecule has 100 valence electrons. The van der Waals surface area contributed by atoms with E-state index in [0.29, 0.717) is 0 Å². The van der Waals surface area contributed by atoms with Gasteiger partial charge in [-0.2, -0.15) is 0 Å². The van der Waals surface area contributed by atoms with Gasteiger partial charge in [0.05, 0.1) is 12.2 Å². The van der Waals surface area contributed by atoms with E-state index in [2.05, 4.69) is 31.0 Å². The van der Waals surface area contributed by atoms with Crippen molar-refractivity contribution < 1.29 is 4.79 Å². The Balaban J connectivity index is 2.58. The van der Waals surface area contributed by atoms with E-state index in [9.17, 15) is 4.79 Å². The van der Waals surface area contributed by atoms with E-state index in [0.717, 1.165) is 25.8 Å². The maximum absolute atomic E-state index is 12.3. The summed E-state index contributed by atoms with van der Waals surface area (Å²) in [6.07, 6.45) is 3.39. The quantitative estimate of drug-likeness (QED) is 0.761. The molecule has 4 heteroatoms. The second kappa shape index (κ2) is 6.36. The summed E-state index contributed by atoms with van der Waals surface area (Å²) in [5.74, 6) is 0.278. The molecular weight excluding hydrogens is 214 g/mol. The lowest BCUT2D eigenvalue weighted by Gasteiger charge is -2.30. The molecule has 3 atom stereocenters. The van der Waals surface area contributed by atoms with Gasteiger partial charge in [0.25, 0.3) is 0 Å². The molecule has 0 saturated carbocycles. The van der Waals surface area contributed by atoms with Crippen molar-refractivity contribution in [3.8, 4) is 0 Å². The van der Waals surface area contributed by atoms with Gasteiger partial charge >= 0.3 is 0 Å². The van der Waals surface area contributed by atoms with Crippen molar-refractivity contribution in [2.75, 3.05) is 20.6 Å². The largest absolute Gasteiger partial charge is 0.322 e. The number of nitrogens with zero attached hydrogens (tertiary/aromatic N) is 2. The Morgan fingerprint density at radius 2 is 2.12 bits per heavy atom. The lowest BCUT2D eigenvalue weighted by Crippen LogP contribution is -2.46. The Hall–Kier alpha value is -0.610. The third kappa shape index (κ3) is 3.68. The fourth-order valence-corrected chi connectivity index (χ4v) is 2.64. The van der Waals surface area contributed by atoms with E-state index in [1.54, 1.807) is 0 Å². The first-order valence-corrected chi connectivity index (χ1v) is 6.70. The van der Waals surface area contributed by atoms with Crippen LogP contribution in [0, 0.1) is 0 Å². The number of hydrogen-bond acceptors (Lipinski definition) is 3. The van der Waals surface area contributed by atoms with Crippen LogP contribution < -0.4 is 5.32 Å². The van der Waals surface area contributed by atoms with Gasteiger partial charge in [-0.05, 0) is 34.4 Å². The topological polar surface area (TPSA) is 35.6 Å². The molecule has 1 N–H and O–H groups in total. The molecule has 1 fully saturated rings. The van der Waals surface area contributed by atoms with Crippen LogP contribution in [0.5, 0.6) is 0 Å². The number of unbranched alkanes of at least 4 members (excludes halogenated alkanes) is 1. The molecule has 0 spiro atoms. The van der Waals surface area contributed by atoms with Crippen LogP contribution in [-0.2, 0) is 4.79 Å². The van der Waals surface area contributed by atoms with Gasteiger partial charge in [0, 0.05) is 12.6 Å². The number of likely N-dealkylation sites (N-methyl/N-ethyl adjacent to an activating group) is 1. The van der Waals surface area contributed by atoms with Gasteiger partial charge in [0.2, 0.25) is 5.91 Å². The zero-order valence-corrected chi connectivity index (χ0v) is 11.9. The standard InChI is InChI=1S/C13H27N3O/c1-6-7-8-12-13(17)16(11(3)14-12)10(2)9-15(4)5/h10-12,14H,6-9H2,1-5H3. The summed E-state index contributed by atoms with van der Waals surface area (Å²) < 4.78 is 0. The minimum absolute atomic E-state index is 0.0366. The molecule has 1 aliphatic rings. The Bertz CT molecular complexity index is 255. The smallest absolute Gasteiger partial charge is 0.241 e. The van der Waals surface area contributed by atoms with E-state index in [1.807, 2.05) is 19.0 Å². The highest BCUT2D eigenvalue weighted by atomic mass is 16.2. The van der Waals surface area contributed by atoms with Crippen molar-refractivity contribution in [2.24, 2.45) is 0 Å². The summed E-state index contributed by atoms with van der Waals surface area (Å²) >= 11 is 0. The number of rotatable bonds is 6. The fraction of sp³-hybridized carbons (Fsp3) is 0.923. The van der Waals surface area contributed by atoms with E-state index >= 15 is 0 Å². The molecule has 0 aromatic rings. The lowest BCUT2D eigenvalue weighted by atomic mass is 10.1. The Labute approximate surface area is 105 Å². The van der Waals surface area contributed by atoms with Crippen molar-refractivity contribution in [1.29, 1.82) is 0 Å². The van der Waals surface area contributed by atoms with Gasteiger partial charge in [-0.1, -0.05) is 19.8 Å². The van der Waals surface area contributed by atoms with Crippen molar-refractivity contribution in [1.82, 2.24) is 15.1 Å². The van der Waals surface area contributed by atoms with E-state index in [-0.39, 0.29) is 24.2 Å². The molecule has 0 aliphatic carbocycles. The number of nitrogens with one attached hydrogen (secondary N) is 1. The second-order valence-electron chi connectivity index (χ2n) is 5.39. The SMILES string of the molecule is CCCCC1NC(C)N(C(C)CN(C)C)C1=O. The predicted octanol–water partition coefficient (Wildman–Crippen LogP) is 1.27. The first kappa shape index (κ1) is 14.5. The van der Waals surface area contributed by atoms with Crippen LogP contribution in [0.15, 0.2) is 0 Å². The van der Waals surface area contributed by atoms with E-state index in [4.69, 9.17) is 0 Å². The predicted molar refractivity (Wildman–Crippen MR) is 70.8 cm³/mol. The molecule has 4 nitrogen and oxygen atoms in total. The van der Waals surface area contributed by atoms with Crippen molar-refractivity contribution in [3.05, 3.63) is 0 Å². The molecular formula is C13H27N3O. The molecule has 1 heterocycles. The van der Waals surface area contributed by atoms with Crippen LogP contribution >= 0.6 is 0 Å². The van der Waals surface area contributed by atoms with Crippen molar-refractivity contribution in [2.45, 2.75) is 58.3 Å². The Kier molecular flexibility index (Phi) is 5.40. The molecule has 1 aliphatic heterocycles. The van der Waals surface area contributed by atoms with E-state index < -0.39 is 0 Å². The summed E-state index contributed by atoms with van der Waals surface area (Å²) in [4.78, 5) is 16.4. The molecule has 17 heavy (non-hydrogen) atoms. The summed E-state index contributed by atoms with van der Waals surface area (Å²) in [7, 11) is 4.09. The fourth-order valence-electron chi connectivity index (χ4n) is 2.64. The number of carbonyl (C=O) groups excluding carboxylic acids is 1. The van der Waals surface area contributed by atoms with Crippen molar-refractivity contribution in [3.63, 3.8) is 0 Å². The summed E-state index contributed by atoms with van der Waals surface area (Å²) in [5.41, 5.74) is 0. The molecule has 1 rings (SSSR count). The molecule has 0 bridgehead atoms. The highest BCUT2D eigenvalue weighted by Crippen LogP contribution is 2.18. The molecule has 1 amide bonds. The summed E-state index contributed by atoms with van der Waals surface area (Å²) in [5, 5.41) is 3.40. The van der Waals surface area contributed by atoms with Gasteiger partial charge in [-0.15, -0.1) is 0 Å². The van der Waals surface area contributed by atoms with Gasteiger partial charge < -0.3 is 9.80 Å². The minimum Gasteiger partial charge on any atom is -0.322 e. The lowest BCUT2D eigenvalue weighted by molar-refractivity contribution is -0.132. The van der Waals surface area contributed by atoms with Gasteiger partial charge in [0.1, 0.15) is 0 Å². The minimum atomic E-state index is 0.0366. The molecule has 0 aromatic heterocycles. The zero-order chi connectivity index (χ0) is 13.0. The van der Waals surface area contributed by atoms with Crippen molar-refractivity contribution >= 4 is 5.91 Å². The van der Waals surface area contributed by atoms with Gasteiger partial charge in [-0.25, -0.2) is 0 Å². The summed E-state index contributed by atoms with van der Waals surface area (Å²) in [6.45, 7) is 7.28. The molecule has 0 radical (unpaired) electrons. The van der Waals surface area contributed by atoms with Gasteiger partial charge in [0.15, 0.2) is 0 Å². The molecule has 0 aromatic carbocycles. The molecule has 3 unspecified atom stereocenters. The second-order valence-corrected chi connectivity index (χ2v) is 5.39. The van der Waals surface area contributed by atoms with Crippen LogP contribution in [0.25, 0.3) is 0 Å². The van der Waals surface area contributed by atoms with Crippen LogP contribution in [0.4, 0.5) is 0 Å². The number of hydrogen-bond donors (Lipinski definition) is 1. The van der Waals surface area contributed by atoms with Crippen LogP contribution in [-0.4, -0.2) is 54.6 Å². The van der Waals surface area contributed by atoms with Crippen LogP contribution in [0.3, 0.4) is 0 Å². The highest BCUT2D eigenvalue weighted by molar-refractivity contribution is 5.84. The molecule has 1 saturated heterocycles. The highest BCUT2D eigenvalue weighted by Gasteiger charge is 2.38. The average molecular weight is 241 g/mol. The first-order chi connectivity index (χ1) is 7.97. The zero-order valence-electron chi connectivity index (χ0n) is 11.9. The number of amides is 1. The Morgan fingerprint density at radius 1 is 1.47 bits per heavy atom. The van der Waals surface area contributed by atoms with E-state index in [1.165, 1.54) is 0 Å². The third-order valence-electron chi connectivity index (χ3n) is 3.36. The number of carbonyl (C=O) groups is 1. The van der Waals surface area contributed by atoms with Gasteiger partial charge in [-0.3, -0.25) is 10.1 Å². The van der Waals surface area contributed by atoms with Crippen LogP contribution in [0.2, 0.25) is 0 Å². The first-order valence-electron chi connectivity index (χ1n) is 6.70. The third-order valence-corrected chi connectivity index (χ3v) is 3.36. The average Bonchev–Trinajstić information content (AvgIpc) is 2.50. The normalized spacial score (nSPS) is 26.9. The summed E-state index contributed by atoms with van der Waals surface area (Å²) in [6, 6.07) is 0.307. The van der Waals surface area contributed by atoms with Crippen LogP contribution in [0.1, 0.15) is 40.0 Å². The maximum atomic E-state index is 12.3. The monoisotopic (exact) mass is 241 g/mol. The Morgan fingerprint density at radius 3 is 2.65 bits per heavy atom.